The largest absolute Gasteiger partial charge is 0.360 e. The molecule has 0 amide bonds. The molecule has 0 aliphatic carbocycles. The minimum absolute atomic E-state index is 0.0773. The lowest BCUT2D eigenvalue weighted by Crippen LogP contribution is -2.07. The van der Waals surface area contributed by atoms with Crippen molar-refractivity contribution in [2.24, 2.45) is 0 Å². The fraction of sp³-hybridized carbons (Fsp3) is 0.273. The molecule has 0 saturated heterocycles. The molecule has 3 nitrogen and oxygen atoms in total. The molecule has 6 heteroatoms. The molecule has 0 saturated carbocycles. The standard InChI is InChI=1S/C11H11ClFN3S/c1-6-3-4-8(5-9(6)13)7(2)14-11-10(12)15-17-16-11/h3-5,7H,1-2H3,(H,14,16). The summed E-state index contributed by atoms with van der Waals surface area (Å²) in [7, 11) is 0. The van der Waals surface area contributed by atoms with E-state index in [2.05, 4.69) is 14.1 Å². The van der Waals surface area contributed by atoms with Crippen LogP contribution in [0.15, 0.2) is 18.2 Å². The van der Waals surface area contributed by atoms with E-state index in [-0.39, 0.29) is 11.9 Å². The van der Waals surface area contributed by atoms with Crippen LogP contribution in [-0.2, 0) is 0 Å². The fourth-order valence-electron chi connectivity index (χ4n) is 1.43. The molecule has 0 radical (unpaired) electrons. The highest BCUT2D eigenvalue weighted by molar-refractivity contribution is 6.99. The van der Waals surface area contributed by atoms with Crippen molar-refractivity contribution in [1.29, 1.82) is 0 Å². The van der Waals surface area contributed by atoms with E-state index in [9.17, 15) is 4.39 Å². The lowest BCUT2D eigenvalue weighted by Gasteiger charge is -2.14. The Morgan fingerprint density at radius 1 is 1.41 bits per heavy atom. The molecule has 0 bridgehead atoms. The van der Waals surface area contributed by atoms with Crippen molar-refractivity contribution in [3.8, 4) is 0 Å². The van der Waals surface area contributed by atoms with Crippen LogP contribution in [0.2, 0.25) is 5.15 Å². The number of benzene rings is 1. The van der Waals surface area contributed by atoms with Crippen LogP contribution in [-0.4, -0.2) is 8.75 Å². The van der Waals surface area contributed by atoms with Gasteiger partial charge >= 0.3 is 0 Å². The SMILES string of the molecule is Cc1ccc(C(C)Nc2nsnc2Cl)cc1F. The fourth-order valence-corrected chi connectivity index (χ4v) is 2.09. The van der Waals surface area contributed by atoms with Crippen molar-refractivity contribution < 1.29 is 4.39 Å². The zero-order valence-electron chi connectivity index (χ0n) is 9.37. The first-order valence-corrected chi connectivity index (χ1v) is 6.19. The molecule has 90 valence electrons. The van der Waals surface area contributed by atoms with E-state index in [4.69, 9.17) is 11.6 Å². The molecule has 2 rings (SSSR count). The first-order valence-electron chi connectivity index (χ1n) is 5.08. The van der Waals surface area contributed by atoms with Crippen LogP contribution in [0, 0.1) is 12.7 Å². The quantitative estimate of drug-likeness (QED) is 0.922. The first kappa shape index (κ1) is 12.3. The number of aryl methyl sites for hydroxylation is 1. The van der Waals surface area contributed by atoms with E-state index in [1.807, 2.05) is 13.0 Å². The van der Waals surface area contributed by atoms with E-state index in [1.165, 1.54) is 6.07 Å². The monoisotopic (exact) mass is 271 g/mol. The summed E-state index contributed by atoms with van der Waals surface area (Å²) >= 11 is 6.87. The average Bonchev–Trinajstić information content (AvgIpc) is 2.68. The summed E-state index contributed by atoms with van der Waals surface area (Å²) in [4.78, 5) is 0. The molecule has 0 aliphatic heterocycles. The molecule has 0 aliphatic rings. The second-order valence-corrected chi connectivity index (χ2v) is 4.66. The van der Waals surface area contributed by atoms with Gasteiger partial charge in [-0.1, -0.05) is 23.7 Å². The Kier molecular flexibility index (Phi) is 3.59. The van der Waals surface area contributed by atoms with Gasteiger partial charge in [-0.2, -0.15) is 8.75 Å². The highest BCUT2D eigenvalue weighted by atomic mass is 35.5. The zero-order chi connectivity index (χ0) is 12.4. The summed E-state index contributed by atoms with van der Waals surface area (Å²) < 4.78 is 21.3. The number of hydrogen-bond acceptors (Lipinski definition) is 4. The molecule has 1 aromatic carbocycles. The minimum Gasteiger partial charge on any atom is -0.360 e. The maximum atomic E-state index is 13.4. The summed E-state index contributed by atoms with van der Waals surface area (Å²) in [6.45, 7) is 3.65. The molecule has 1 N–H and O–H groups in total. The van der Waals surface area contributed by atoms with E-state index in [0.717, 1.165) is 17.3 Å². The Morgan fingerprint density at radius 3 is 2.76 bits per heavy atom. The molecule has 1 aromatic heterocycles. The second kappa shape index (κ2) is 4.98. The Labute approximate surface area is 108 Å². The number of hydrogen-bond donors (Lipinski definition) is 1. The van der Waals surface area contributed by atoms with Gasteiger partial charge in [0.1, 0.15) is 5.82 Å². The van der Waals surface area contributed by atoms with Gasteiger partial charge in [-0.15, -0.1) is 0 Å². The van der Waals surface area contributed by atoms with Crippen LogP contribution >= 0.6 is 23.3 Å². The van der Waals surface area contributed by atoms with Crippen LogP contribution < -0.4 is 5.32 Å². The Balaban J connectivity index is 2.17. The smallest absolute Gasteiger partial charge is 0.186 e. The first-order chi connectivity index (χ1) is 8.08. The predicted octanol–water partition coefficient (Wildman–Crippen LogP) is 3.81. The topological polar surface area (TPSA) is 37.8 Å². The Bertz CT molecular complexity index is 529. The van der Waals surface area contributed by atoms with Gasteiger partial charge in [0.25, 0.3) is 0 Å². The van der Waals surface area contributed by atoms with Crippen molar-refractivity contribution in [3.05, 3.63) is 40.3 Å². The second-order valence-electron chi connectivity index (χ2n) is 3.78. The van der Waals surface area contributed by atoms with Gasteiger partial charge in [-0.05, 0) is 31.0 Å². The molecular weight excluding hydrogens is 261 g/mol. The zero-order valence-corrected chi connectivity index (χ0v) is 10.9. The number of nitrogens with one attached hydrogen (secondary N) is 1. The summed E-state index contributed by atoms with van der Waals surface area (Å²) in [6, 6.07) is 5.07. The number of halogens is 2. The van der Waals surface area contributed by atoms with Crippen molar-refractivity contribution in [2.45, 2.75) is 19.9 Å². The third-order valence-electron chi connectivity index (χ3n) is 2.50. The maximum Gasteiger partial charge on any atom is 0.186 e. The van der Waals surface area contributed by atoms with Crippen molar-refractivity contribution >= 4 is 29.1 Å². The van der Waals surface area contributed by atoms with Gasteiger partial charge < -0.3 is 5.32 Å². The van der Waals surface area contributed by atoms with Crippen molar-refractivity contribution in [1.82, 2.24) is 8.75 Å². The van der Waals surface area contributed by atoms with Gasteiger partial charge in [0.15, 0.2) is 11.0 Å². The highest BCUT2D eigenvalue weighted by Crippen LogP contribution is 2.24. The molecule has 0 spiro atoms. The number of rotatable bonds is 3. The third kappa shape index (κ3) is 2.73. The van der Waals surface area contributed by atoms with Crippen molar-refractivity contribution in [3.63, 3.8) is 0 Å². The molecule has 17 heavy (non-hydrogen) atoms. The van der Waals surface area contributed by atoms with E-state index in [0.29, 0.717) is 16.5 Å². The van der Waals surface area contributed by atoms with Crippen LogP contribution in [0.25, 0.3) is 0 Å². The molecule has 0 fully saturated rings. The van der Waals surface area contributed by atoms with E-state index in [1.54, 1.807) is 13.0 Å². The maximum absolute atomic E-state index is 13.4. The summed E-state index contributed by atoms with van der Waals surface area (Å²) in [5.41, 5.74) is 1.48. The Hall–Kier alpha value is -1.20. The minimum atomic E-state index is -0.210. The van der Waals surface area contributed by atoms with E-state index < -0.39 is 0 Å². The summed E-state index contributed by atoms with van der Waals surface area (Å²) in [5.74, 6) is 0.323. The average molecular weight is 272 g/mol. The van der Waals surface area contributed by atoms with Crippen LogP contribution in [0.3, 0.4) is 0 Å². The predicted molar refractivity (Wildman–Crippen MR) is 68.1 cm³/mol. The number of nitrogens with zero attached hydrogens (tertiary/aromatic N) is 2. The summed E-state index contributed by atoms with van der Waals surface area (Å²) in [6.07, 6.45) is 0. The normalized spacial score (nSPS) is 12.5. The van der Waals surface area contributed by atoms with Gasteiger partial charge in [0, 0.05) is 0 Å². The number of aromatic nitrogens is 2. The molecule has 1 atom stereocenters. The number of anilines is 1. The van der Waals surface area contributed by atoms with Crippen molar-refractivity contribution in [2.75, 3.05) is 5.32 Å². The van der Waals surface area contributed by atoms with Crippen LogP contribution in [0.5, 0.6) is 0 Å². The molecule has 2 aromatic rings. The Morgan fingerprint density at radius 2 is 2.18 bits per heavy atom. The van der Waals surface area contributed by atoms with Gasteiger partial charge in [-0.3, -0.25) is 0 Å². The lowest BCUT2D eigenvalue weighted by atomic mass is 10.1. The molecule has 1 heterocycles. The van der Waals surface area contributed by atoms with E-state index >= 15 is 0 Å². The van der Waals surface area contributed by atoms with Gasteiger partial charge in [0.05, 0.1) is 17.8 Å². The molecular formula is C11H11ClFN3S. The molecule has 1 unspecified atom stereocenters. The highest BCUT2D eigenvalue weighted by Gasteiger charge is 2.11. The third-order valence-corrected chi connectivity index (χ3v) is 3.39. The van der Waals surface area contributed by atoms with Crippen LogP contribution in [0.4, 0.5) is 10.2 Å². The van der Waals surface area contributed by atoms with Crippen LogP contribution in [0.1, 0.15) is 24.1 Å². The van der Waals surface area contributed by atoms with Gasteiger partial charge in [-0.25, -0.2) is 4.39 Å². The lowest BCUT2D eigenvalue weighted by molar-refractivity contribution is 0.614. The van der Waals surface area contributed by atoms with Gasteiger partial charge in [0.2, 0.25) is 0 Å². The summed E-state index contributed by atoms with van der Waals surface area (Å²) in [5, 5.41) is 3.43.